The molecule has 5 nitrogen and oxygen atoms in total. The number of para-hydroxylation sites is 1. The Bertz CT molecular complexity index is 546. The third-order valence-electron chi connectivity index (χ3n) is 2.84. The molecule has 22 heavy (non-hydrogen) atoms. The van der Waals surface area contributed by atoms with E-state index in [4.69, 9.17) is 19.5 Å². The molecule has 5 heteroatoms. The zero-order chi connectivity index (χ0) is 16.2. The van der Waals surface area contributed by atoms with E-state index < -0.39 is 5.97 Å². The van der Waals surface area contributed by atoms with Crippen LogP contribution < -0.4 is 4.74 Å². The number of unbranched alkanes of at least 4 members (excludes halogenated alkanes) is 1. The summed E-state index contributed by atoms with van der Waals surface area (Å²) in [5.41, 5.74) is 0.612. The van der Waals surface area contributed by atoms with Gasteiger partial charge in [-0.2, -0.15) is 5.26 Å². The number of hydrogen-bond donors (Lipinski definition) is 0. The number of rotatable bonds is 9. The average molecular weight is 303 g/mol. The highest BCUT2D eigenvalue weighted by molar-refractivity contribution is 5.98. The number of methoxy groups -OCH3 is 1. The van der Waals surface area contributed by atoms with Crippen LogP contribution >= 0.6 is 0 Å². The molecule has 0 saturated carbocycles. The Hall–Kier alpha value is -2.32. The van der Waals surface area contributed by atoms with Crippen LogP contribution in [0.2, 0.25) is 0 Å². The minimum atomic E-state index is -0.664. The third kappa shape index (κ3) is 5.98. The van der Waals surface area contributed by atoms with Crippen LogP contribution in [0.5, 0.6) is 5.75 Å². The zero-order valence-electron chi connectivity index (χ0n) is 13.0. The van der Waals surface area contributed by atoms with E-state index in [-0.39, 0.29) is 12.2 Å². The summed E-state index contributed by atoms with van der Waals surface area (Å²) in [6.07, 6.45) is 3.46. The van der Waals surface area contributed by atoms with Crippen LogP contribution in [-0.2, 0) is 14.3 Å². The first-order chi connectivity index (χ1) is 10.7. The van der Waals surface area contributed by atoms with E-state index in [2.05, 4.69) is 6.92 Å². The lowest BCUT2D eigenvalue weighted by molar-refractivity contribution is -0.139. The minimum absolute atomic E-state index is 0.0670. The summed E-state index contributed by atoms with van der Waals surface area (Å²) in [6, 6.07) is 9.14. The second-order valence-corrected chi connectivity index (χ2v) is 4.54. The molecule has 0 aliphatic heterocycles. The Labute approximate surface area is 131 Å². The topological polar surface area (TPSA) is 68.5 Å². The molecule has 0 atom stereocenters. The Morgan fingerprint density at radius 3 is 2.73 bits per heavy atom. The summed E-state index contributed by atoms with van der Waals surface area (Å²) in [4.78, 5) is 11.8. The van der Waals surface area contributed by atoms with Crippen LogP contribution in [0.25, 0.3) is 6.08 Å². The van der Waals surface area contributed by atoms with Gasteiger partial charge in [-0.1, -0.05) is 31.5 Å². The quantitative estimate of drug-likeness (QED) is 0.303. The molecule has 0 amide bonds. The Kier molecular flexibility index (Phi) is 8.39. The molecule has 0 spiro atoms. The third-order valence-corrected chi connectivity index (χ3v) is 2.84. The fraction of sp³-hybridized carbons (Fsp3) is 0.412. The molecule has 0 heterocycles. The molecule has 0 aromatic heterocycles. The number of nitrogens with zero attached hydrogens (tertiary/aromatic N) is 1. The van der Waals surface area contributed by atoms with Crippen molar-refractivity contribution in [3.63, 3.8) is 0 Å². The van der Waals surface area contributed by atoms with E-state index in [0.717, 1.165) is 12.8 Å². The highest BCUT2D eigenvalue weighted by Crippen LogP contribution is 2.21. The van der Waals surface area contributed by atoms with Crippen LogP contribution in [0, 0.1) is 11.3 Å². The van der Waals surface area contributed by atoms with Crippen LogP contribution in [-0.4, -0.2) is 32.9 Å². The highest BCUT2D eigenvalue weighted by atomic mass is 16.6. The molecule has 1 aromatic rings. The van der Waals surface area contributed by atoms with Crippen LogP contribution in [0.15, 0.2) is 29.8 Å². The summed E-state index contributed by atoms with van der Waals surface area (Å²) in [5, 5.41) is 9.13. The summed E-state index contributed by atoms with van der Waals surface area (Å²) in [5.74, 6) is -0.0173. The van der Waals surface area contributed by atoms with Crippen molar-refractivity contribution in [1.82, 2.24) is 0 Å². The molecule has 0 radical (unpaired) electrons. The maximum absolute atomic E-state index is 11.8. The second-order valence-electron chi connectivity index (χ2n) is 4.54. The number of benzene rings is 1. The van der Waals surface area contributed by atoms with Crippen LogP contribution in [0.4, 0.5) is 0 Å². The molecule has 0 bridgehead atoms. The van der Waals surface area contributed by atoms with Gasteiger partial charge in [-0.25, -0.2) is 4.79 Å². The molecule has 0 aliphatic carbocycles. The monoisotopic (exact) mass is 303 g/mol. The van der Waals surface area contributed by atoms with Crippen LogP contribution in [0.3, 0.4) is 0 Å². The standard InChI is InChI=1S/C17H21NO4/c1-3-4-9-21-16-8-6-5-7-14(16)12-15(13-18)17(19)22-11-10-20-2/h5-8,12H,3-4,9-11H2,1-2H3/b15-12+. The SMILES string of the molecule is CCCCOc1ccccc1/C=C(\C#N)C(=O)OCCOC. The maximum Gasteiger partial charge on any atom is 0.348 e. The molecule has 1 aromatic carbocycles. The van der Waals surface area contributed by atoms with Gasteiger partial charge in [0.15, 0.2) is 0 Å². The van der Waals surface area contributed by atoms with Gasteiger partial charge in [0.05, 0.1) is 13.2 Å². The van der Waals surface area contributed by atoms with Gasteiger partial charge in [0.2, 0.25) is 0 Å². The first-order valence-corrected chi connectivity index (χ1v) is 7.22. The summed E-state index contributed by atoms with van der Waals surface area (Å²) in [6.45, 7) is 3.09. The predicted molar refractivity (Wildman–Crippen MR) is 83.3 cm³/mol. The largest absolute Gasteiger partial charge is 0.493 e. The van der Waals surface area contributed by atoms with E-state index >= 15 is 0 Å². The smallest absolute Gasteiger partial charge is 0.348 e. The zero-order valence-corrected chi connectivity index (χ0v) is 13.0. The lowest BCUT2D eigenvalue weighted by atomic mass is 10.1. The molecule has 118 valence electrons. The Balaban J connectivity index is 2.84. The first kappa shape index (κ1) is 17.7. The summed E-state index contributed by atoms with van der Waals surface area (Å²) in [7, 11) is 1.51. The van der Waals surface area contributed by atoms with Crippen molar-refractivity contribution in [3.8, 4) is 11.8 Å². The molecule has 1 rings (SSSR count). The summed E-state index contributed by atoms with van der Waals surface area (Å²) >= 11 is 0. The van der Waals surface area contributed by atoms with Gasteiger partial charge in [0, 0.05) is 12.7 Å². The van der Waals surface area contributed by atoms with Gasteiger partial charge in [-0.15, -0.1) is 0 Å². The van der Waals surface area contributed by atoms with Crippen molar-refractivity contribution < 1.29 is 19.0 Å². The van der Waals surface area contributed by atoms with E-state index in [1.807, 2.05) is 24.3 Å². The molecular weight excluding hydrogens is 282 g/mol. The Morgan fingerprint density at radius 1 is 1.27 bits per heavy atom. The first-order valence-electron chi connectivity index (χ1n) is 7.22. The van der Waals surface area contributed by atoms with Gasteiger partial charge in [0.1, 0.15) is 24.0 Å². The fourth-order valence-corrected chi connectivity index (χ4v) is 1.65. The maximum atomic E-state index is 11.8. The summed E-state index contributed by atoms with van der Waals surface area (Å²) < 4.78 is 15.4. The highest BCUT2D eigenvalue weighted by Gasteiger charge is 2.12. The average Bonchev–Trinajstić information content (AvgIpc) is 2.54. The Morgan fingerprint density at radius 2 is 2.05 bits per heavy atom. The van der Waals surface area contributed by atoms with Gasteiger partial charge in [0.25, 0.3) is 0 Å². The number of carbonyl (C=O) groups excluding carboxylic acids is 1. The van der Waals surface area contributed by atoms with Gasteiger partial charge in [-0.05, 0) is 18.6 Å². The molecule has 0 aliphatic rings. The minimum Gasteiger partial charge on any atom is -0.493 e. The van der Waals surface area contributed by atoms with E-state index in [0.29, 0.717) is 24.5 Å². The number of nitriles is 1. The van der Waals surface area contributed by atoms with Crippen molar-refractivity contribution in [2.75, 3.05) is 26.9 Å². The van der Waals surface area contributed by atoms with E-state index in [1.165, 1.54) is 13.2 Å². The number of esters is 1. The van der Waals surface area contributed by atoms with Crippen LogP contribution in [0.1, 0.15) is 25.3 Å². The number of ether oxygens (including phenoxy) is 3. The van der Waals surface area contributed by atoms with Crippen molar-refractivity contribution in [2.45, 2.75) is 19.8 Å². The van der Waals surface area contributed by atoms with E-state index in [1.54, 1.807) is 6.07 Å². The second kappa shape index (κ2) is 10.4. The lowest BCUT2D eigenvalue weighted by Gasteiger charge is -2.09. The lowest BCUT2D eigenvalue weighted by Crippen LogP contribution is -2.11. The molecule has 0 N–H and O–H groups in total. The van der Waals surface area contributed by atoms with Gasteiger partial charge < -0.3 is 14.2 Å². The van der Waals surface area contributed by atoms with Gasteiger partial charge >= 0.3 is 5.97 Å². The molecule has 0 saturated heterocycles. The van der Waals surface area contributed by atoms with Crippen molar-refractivity contribution in [2.24, 2.45) is 0 Å². The van der Waals surface area contributed by atoms with Crippen molar-refractivity contribution in [3.05, 3.63) is 35.4 Å². The normalized spacial score (nSPS) is 10.9. The molecule has 0 unspecified atom stereocenters. The predicted octanol–water partition coefficient (Wildman–Crippen LogP) is 2.96. The van der Waals surface area contributed by atoms with E-state index in [9.17, 15) is 4.79 Å². The fourth-order valence-electron chi connectivity index (χ4n) is 1.65. The number of carbonyl (C=O) groups is 1. The number of hydrogen-bond acceptors (Lipinski definition) is 5. The molecular formula is C17H21NO4. The molecule has 0 fully saturated rings. The van der Waals surface area contributed by atoms with Crippen molar-refractivity contribution >= 4 is 12.0 Å². The van der Waals surface area contributed by atoms with Gasteiger partial charge in [-0.3, -0.25) is 0 Å². The van der Waals surface area contributed by atoms with Crippen molar-refractivity contribution in [1.29, 1.82) is 5.26 Å².